The van der Waals surface area contributed by atoms with E-state index in [1.807, 2.05) is 0 Å². The number of carbonyl (C=O) groups is 4. The van der Waals surface area contributed by atoms with E-state index in [1.54, 1.807) is 6.92 Å². The molecule has 0 bridgehead atoms. The number of aliphatic hydroxyl groups is 3. The number of ether oxygens (including phenoxy) is 9. The molecule has 8 aliphatic rings. The molecule has 8 rings (SSSR count). The number of hydrogen-bond acceptors (Lipinski definition) is 16. The van der Waals surface area contributed by atoms with Crippen LogP contribution in [0.5, 0.6) is 0 Å². The Morgan fingerprint density at radius 1 is 0.486 bits per heavy atom. The highest BCUT2D eigenvalue weighted by Gasteiger charge is 3.06. The molecular formula is C38H46F18O16. The van der Waals surface area contributed by atoms with Crippen LogP contribution in [0.15, 0.2) is 12.0 Å². The van der Waals surface area contributed by atoms with Crippen LogP contribution in [-0.2, 0) is 61.8 Å². The molecule has 0 radical (unpaired) electrons. The van der Waals surface area contributed by atoms with Crippen LogP contribution in [0.2, 0.25) is 0 Å². The van der Waals surface area contributed by atoms with E-state index in [9.17, 15) is 98.2 Å². The van der Waals surface area contributed by atoms with Gasteiger partial charge < -0.3 is 48.5 Å². The quantitative estimate of drug-likeness (QED) is 0.115. The van der Waals surface area contributed by atoms with Gasteiger partial charge in [0.05, 0.1) is 45.7 Å². The number of rotatable bonds is 3. The third kappa shape index (κ3) is 10.2. The summed E-state index contributed by atoms with van der Waals surface area (Å²) in [6, 6.07) is 0. The first kappa shape index (κ1) is 64.0. The minimum atomic E-state index is -6.55. The molecule has 420 valence electrons. The lowest BCUT2D eigenvalue weighted by Gasteiger charge is -2.29. The van der Waals surface area contributed by atoms with Gasteiger partial charge >= 0.3 is 88.9 Å². The molecule has 8 atom stereocenters. The van der Waals surface area contributed by atoms with E-state index in [0.717, 1.165) is 52.6 Å². The number of ketones is 1. The third-order valence-corrected chi connectivity index (χ3v) is 10.8. The first-order valence-corrected chi connectivity index (χ1v) is 20.3. The van der Waals surface area contributed by atoms with Crippen molar-refractivity contribution in [2.24, 2.45) is 0 Å². The lowest BCUT2D eigenvalue weighted by atomic mass is 10.1. The molecule has 8 fully saturated rings. The van der Waals surface area contributed by atoms with Crippen LogP contribution in [0.25, 0.3) is 0 Å². The van der Waals surface area contributed by atoms with E-state index in [0.29, 0.717) is 7.11 Å². The minimum Gasteiger partial charge on any atom is -0.465 e. The summed E-state index contributed by atoms with van der Waals surface area (Å²) in [6.45, 7) is 3.05. The number of alkyl halides is 16. The topological polar surface area (TPSA) is 212 Å². The average Bonchev–Trinajstić information content (AvgIpc) is 3.73. The molecule has 0 spiro atoms. The van der Waals surface area contributed by atoms with Crippen molar-refractivity contribution < 1.29 is 156 Å². The maximum Gasteiger partial charge on any atom is 0.397 e. The summed E-state index contributed by atoms with van der Waals surface area (Å²) in [7, 11) is 4.10. The van der Waals surface area contributed by atoms with E-state index in [2.05, 4.69) is 33.2 Å². The van der Waals surface area contributed by atoms with Gasteiger partial charge in [0.15, 0.2) is 0 Å². The zero-order valence-corrected chi connectivity index (χ0v) is 38.1. The van der Waals surface area contributed by atoms with Gasteiger partial charge in [0.25, 0.3) is 11.6 Å². The van der Waals surface area contributed by atoms with E-state index in [1.165, 1.54) is 33.5 Å². The summed E-state index contributed by atoms with van der Waals surface area (Å²) in [5, 5.41) is 24.5. The van der Waals surface area contributed by atoms with Crippen LogP contribution in [-0.4, -0.2) is 162 Å². The van der Waals surface area contributed by atoms with Crippen molar-refractivity contribution in [1.29, 1.82) is 0 Å². The maximum atomic E-state index is 14.0. The molecule has 0 aromatic heterocycles. The zero-order valence-electron chi connectivity index (χ0n) is 38.1. The van der Waals surface area contributed by atoms with E-state index < -0.39 is 118 Å². The Labute approximate surface area is 394 Å². The van der Waals surface area contributed by atoms with Crippen LogP contribution in [0.1, 0.15) is 78.6 Å². The van der Waals surface area contributed by atoms with Crippen LogP contribution < -0.4 is 0 Å². The zero-order chi connectivity index (χ0) is 56.5. The summed E-state index contributed by atoms with van der Waals surface area (Å²) in [5.74, 6) is -72.2. The molecular weight excluding hydrogens is 1050 g/mol. The number of methoxy groups -OCH3 is 3. The molecule has 0 amide bonds. The second-order valence-electron chi connectivity index (χ2n) is 16.1. The molecule has 3 saturated heterocycles. The Balaban J connectivity index is 0.000000317. The van der Waals surface area contributed by atoms with Gasteiger partial charge in [0, 0.05) is 27.9 Å². The van der Waals surface area contributed by atoms with Gasteiger partial charge in [-0.2, -0.15) is 79.0 Å². The highest BCUT2D eigenvalue weighted by molar-refractivity contribution is 6.32. The number of halogens is 18. The summed E-state index contributed by atoms with van der Waals surface area (Å²) >= 11 is 0. The SMILES string of the molecule is C1CC1.CO.COC(=O)C(C)=O.COC(=O)C1(C)OC2(F)C(F)(F)C(F)(F)C(F)(F)C2(F)O1.COC(=O)C1(C)OC2CCCC2O1.FC(F)=C1OC2(F)C(F)(F)C(F)(F)C(F)(F)C2(F)O1.OC1CCCC1O. The number of aliphatic hydroxyl groups excluding tert-OH is 3. The lowest BCUT2D eigenvalue weighted by molar-refractivity contribution is -0.356. The third-order valence-electron chi connectivity index (χ3n) is 10.8. The van der Waals surface area contributed by atoms with Crippen molar-refractivity contribution in [2.45, 2.75) is 174 Å². The highest BCUT2D eigenvalue weighted by Crippen LogP contribution is 2.74. The number of esters is 3. The normalized spacial score (nSPS) is 38.1. The predicted molar refractivity (Wildman–Crippen MR) is 194 cm³/mol. The van der Waals surface area contributed by atoms with E-state index >= 15 is 0 Å². The van der Waals surface area contributed by atoms with Crippen molar-refractivity contribution in [3.05, 3.63) is 12.0 Å². The van der Waals surface area contributed by atoms with Crippen molar-refractivity contribution in [3.63, 3.8) is 0 Å². The number of carbonyl (C=O) groups excluding carboxylic acids is 4. The van der Waals surface area contributed by atoms with Crippen LogP contribution in [0.4, 0.5) is 79.0 Å². The fourth-order valence-electron chi connectivity index (χ4n) is 6.82. The van der Waals surface area contributed by atoms with Crippen molar-refractivity contribution >= 4 is 23.7 Å². The second-order valence-corrected chi connectivity index (χ2v) is 16.1. The van der Waals surface area contributed by atoms with Crippen LogP contribution in [0, 0.1) is 0 Å². The fraction of sp³-hybridized carbons (Fsp3) is 0.842. The van der Waals surface area contributed by atoms with Gasteiger partial charge in [-0.15, -0.1) is 0 Å². The van der Waals surface area contributed by atoms with Gasteiger partial charge in [0.2, 0.25) is 5.78 Å². The Morgan fingerprint density at radius 3 is 1.03 bits per heavy atom. The Kier molecular flexibility index (Phi) is 19.2. The molecule has 3 aliphatic heterocycles. The second kappa shape index (κ2) is 21.6. The Morgan fingerprint density at radius 2 is 0.792 bits per heavy atom. The lowest BCUT2D eigenvalue weighted by Crippen LogP contribution is -2.56. The summed E-state index contributed by atoms with van der Waals surface area (Å²) < 4.78 is 271. The molecule has 16 nitrogen and oxygen atoms in total. The smallest absolute Gasteiger partial charge is 0.397 e. The van der Waals surface area contributed by atoms with Gasteiger partial charge in [-0.25, -0.2) is 14.4 Å². The van der Waals surface area contributed by atoms with Crippen LogP contribution in [0.3, 0.4) is 0 Å². The number of hydrogen-bond donors (Lipinski definition) is 3. The monoisotopic (exact) mass is 1100 g/mol. The largest absolute Gasteiger partial charge is 0.465 e. The summed E-state index contributed by atoms with van der Waals surface area (Å²) in [6.07, 6.45) is 6.15. The van der Waals surface area contributed by atoms with Crippen molar-refractivity contribution in [1.82, 2.24) is 0 Å². The molecule has 8 unspecified atom stereocenters. The molecule has 72 heavy (non-hydrogen) atoms. The first-order chi connectivity index (χ1) is 32.5. The van der Waals surface area contributed by atoms with Crippen molar-refractivity contribution in [3.8, 4) is 0 Å². The number of Topliss-reactive ketones (excluding diaryl/α,β-unsaturated/α-hetero) is 1. The standard InChI is InChI=1S/C9H6F8O4.C9H14O4.C7F10O2.C5H10O2.C4H6O3.C3H6.CH4O/c1-4(3(18)19-2)20-8(16)6(12,13)5(10,11)7(14,15)9(8,17)21-4;1-9(8(10)11-2)12-6-4-3-5-7(6)13-9;8-1(9)2-18-6(16)4(12,13)3(10,11)5(14,15)7(6,17)19-2;6-4-2-1-3-5(4)7;1-3(5)4(6)7-2;1-2-3-1;1-2/h1-2H3;6-7H,3-5H2,1-2H3;;4-7H,1-3H2;1-2H3;1-3H2;2H,1H3. The first-order valence-electron chi connectivity index (χ1n) is 20.3. The van der Waals surface area contributed by atoms with Crippen LogP contribution >= 0.6 is 0 Å². The molecule has 34 heteroatoms. The molecule has 3 N–H and O–H groups in total. The minimum absolute atomic E-state index is 0.0871. The number of fused-ring (bicyclic) bond motifs is 3. The van der Waals surface area contributed by atoms with Gasteiger partial charge in [-0.3, -0.25) is 14.3 Å². The van der Waals surface area contributed by atoms with Gasteiger partial charge in [0.1, 0.15) is 0 Å². The summed E-state index contributed by atoms with van der Waals surface area (Å²) in [4.78, 5) is 42.3. The molecule has 0 aromatic rings. The highest BCUT2D eigenvalue weighted by atomic mass is 19.4. The molecule has 5 saturated carbocycles. The van der Waals surface area contributed by atoms with E-state index in [4.69, 9.17) is 24.8 Å². The maximum absolute atomic E-state index is 14.0. The Bertz CT molecular complexity index is 1900. The predicted octanol–water partition coefficient (Wildman–Crippen LogP) is 6.79. The fourth-order valence-corrected chi connectivity index (χ4v) is 6.82. The average molecular weight is 1100 g/mol. The molecule has 5 aliphatic carbocycles. The van der Waals surface area contributed by atoms with Gasteiger partial charge in [-0.1, -0.05) is 19.3 Å². The van der Waals surface area contributed by atoms with Crippen molar-refractivity contribution in [2.75, 3.05) is 28.4 Å². The molecule has 0 aromatic carbocycles. The summed E-state index contributed by atoms with van der Waals surface area (Å²) in [5.41, 5.74) is 0. The Hall–Kier alpha value is -4.12. The van der Waals surface area contributed by atoms with E-state index in [-0.39, 0.29) is 19.1 Å². The van der Waals surface area contributed by atoms with Gasteiger partial charge in [-0.05, 0) is 38.5 Å². The molecule has 3 heterocycles.